The summed E-state index contributed by atoms with van der Waals surface area (Å²) >= 11 is 0. The number of hydrogen-bond acceptors (Lipinski definition) is 10. The molecule has 4 rings (SSSR count). The van der Waals surface area contributed by atoms with Crippen LogP contribution in [0.25, 0.3) is 0 Å². The molecular weight excluding hydrogens is 529 g/mol. The summed E-state index contributed by atoms with van der Waals surface area (Å²) in [6.45, 7) is 4.48. The van der Waals surface area contributed by atoms with E-state index in [1.807, 2.05) is 6.07 Å². The van der Waals surface area contributed by atoms with Gasteiger partial charge >= 0.3 is 0 Å². The number of carbonyl (C=O) groups excluding carboxylic acids is 1. The Hall–Kier alpha value is -4.01. The highest BCUT2D eigenvalue weighted by Gasteiger charge is 2.21. The maximum Gasteiger partial charge on any atom is 0.278 e. The minimum atomic E-state index is -3.62. The number of sulfonamides is 1. The van der Waals surface area contributed by atoms with Gasteiger partial charge in [0, 0.05) is 38.1 Å². The number of rotatable bonds is 10. The lowest BCUT2D eigenvalue weighted by atomic mass is 10.1. The fourth-order valence-electron chi connectivity index (χ4n) is 3.81. The fraction of sp³-hybridized carbons (Fsp3) is 0.320. The van der Waals surface area contributed by atoms with E-state index in [4.69, 9.17) is 9.57 Å². The van der Waals surface area contributed by atoms with Gasteiger partial charge in [-0.15, -0.1) is 0 Å². The van der Waals surface area contributed by atoms with Gasteiger partial charge in [-0.2, -0.15) is 0 Å². The molecule has 0 aliphatic carbocycles. The molecule has 1 amide bonds. The monoisotopic (exact) mass is 559 g/mol. The fourth-order valence-corrected chi connectivity index (χ4v) is 4.32. The Morgan fingerprint density at radius 1 is 1.08 bits per heavy atom. The third-order valence-corrected chi connectivity index (χ3v) is 7.10. The number of morpholine rings is 1. The zero-order chi connectivity index (χ0) is 28.0. The van der Waals surface area contributed by atoms with Crippen molar-refractivity contribution in [3.05, 3.63) is 60.2 Å². The van der Waals surface area contributed by atoms with Gasteiger partial charge in [0.2, 0.25) is 10.0 Å². The van der Waals surface area contributed by atoms with E-state index >= 15 is 0 Å². The summed E-state index contributed by atoms with van der Waals surface area (Å²) in [6.07, 6.45) is 3.52. The maximum absolute atomic E-state index is 13.3. The molecule has 0 spiro atoms. The second-order valence-corrected chi connectivity index (χ2v) is 10.6. The number of anilines is 6. The first-order valence-corrected chi connectivity index (χ1v) is 14.0. The largest absolute Gasteiger partial charge is 0.378 e. The molecular formula is C25H30FN7O5S. The van der Waals surface area contributed by atoms with Crippen molar-refractivity contribution < 1.29 is 27.2 Å². The zero-order valence-electron chi connectivity index (χ0n) is 21.8. The van der Waals surface area contributed by atoms with Crippen molar-refractivity contribution in [2.24, 2.45) is 0 Å². The molecule has 0 bridgehead atoms. The molecule has 208 valence electrons. The average molecular weight is 560 g/mol. The van der Waals surface area contributed by atoms with Crippen LogP contribution in [-0.4, -0.2) is 70.5 Å². The maximum atomic E-state index is 13.3. The molecule has 0 radical (unpaired) electrons. The van der Waals surface area contributed by atoms with E-state index in [1.165, 1.54) is 29.7 Å². The van der Waals surface area contributed by atoms with Crippen LogP contribution in [0.1, 0.15) is 17.3 Å². The Morgan fingerprint density at radius 2 is 1.82 bits per heavy atom. The number of nitrogens with one attached hydrogen (secondary N) is 3. The van der Waals surface area contributed by atoms with Crippen molar-refractivity contribution >= 4 is 50.3 Å². The number of ether oxygens (including phenoxy) is 1. The van der Waals surface area contributed by atoms with E-state index in [2.05, 4.69) is 31.0 Å². The van der Waals surface area contributed by atoms with Crippen molar-refractivity contribution in [2.45, 2.75) is 6.92 Å². The van der Waals surface area contributed by atoms with E-state index in [1.54, 1.807) is 25.1 Å². The first-order chi connectivity index (χ1) is 18.7. The first kappa shape index (κ1) is 28.0. The van der Waals surface area contributed by atoms with Crippen LogP contribution in [0.5, 0.6) is 0 Å². The number of pyridine rings is 2. The van der Waals surface area contributed by atoms with Crippen molar-refractivity contribution in [1.82, 2.24) is 15.4 Å². The summed E-state index contributed by atoms with van der Waals surface area (Å²) in [5.41, 5.74) is 4.45. The Kier molecular flexibility index (Phi) is 8.79. The molecule has 0 saturated carbocycles. The number of aromatic nitrogens is 2. The number of halogens is 1. The van der Waals surface area contributed by atoms with E-state index in [-0.39, 0.29) is 12.2 Å². The van der Waals surface area contributed by atoms with Crippen LogP contribution in [0.4, 0.5) is 38.8 Å². The molecule has 3 N–H and O–H groups in total. The van der Waals surface area contributed by atoms with Crippen molar-refractivity contribution in [1.29, 1.82) is 0 Å². The molecule has 39 heavy (non-hydrogen) atoms. The topological polar surface area (TPSA) is 138 Å². The van der Waals surface area contributed by atoms with Crippen LogP contribution in [0, 0.1) is 5.82 Å². The van der Waals surface area contributed by atoms with Gasteiger partial charge in [0.25, 0.3) is 5.91 Å². The summed E-state index contributed by atoms with van der Waals surface area (Å²) in [5, 5.41) is 6.15. The highest BCUT2D eigenvalue weighted by molar-refractivity contribution is 7.92. The van der Waals surface area contributed by atoms with Crippen molar-refractivity contribution in [3.63, 3.8) is 0 Å². The highest BCUT2D eigenvalue weighted by atomic mass is 32.2. The molecule has 1 saturated heterocycles. The SMILES string of the molecule is CCONC(=O)c1cnc(Nc2ccc(F)cn2)cc1Nc1ccc(N2CCOCC2)cc1N(C)S(C)(=O)=O. The van der Waals surface area contributed by atoms with E-state index < -0.39 is 21.7 Å². The third-order valence-electron chi connectivity index (χ3n) is 5.90. The van der Waals surface area contributed by atoms with Crippen LogP contribution in [0.2, 0.25) is 0 Å². The van der Waals surface area contributed by atoms with Gasteiger partial charge in [-0.05, 0) is 37.3 Å². The Labute approximate surface area is 226 Å². The Morgan fingerprint density at radius 3 is 2.49 bits per heavy atom. The van der Waals surface area contributed by atoms with Crippen LogP contribution in [0.3, 0.4) is 0 Å². The summed E-state index contributed by atoms with van der Waals surface area (Å²) in [7, 11) is -2.16. The van der Waals surface area contributed by atoms with E-state index in [9.17, 15) is 17.6 Å². The first-order valence-electron chi connectivity index (χ1n) is 12.1. The second kappa shape index (κ2) is 12.2. The number of hydroxylamine groups is 1. The average Bonchev–Trinajstić information content (AvgIpc) is 2.93. The smallest absolute Gasteiger partial charge is 0.278 e. The predicted molar refractivity (Wildman–Crippen MR) is 147 cm³/mol. The van der Waals surface area contributed by atoms with E-state index in [0.29, 0.717) is 55.0 Å². The molecule has 3 heterocycles. The minimum absolute atomic E-state index is 0.145. The molecule has 1 aromatic carbocycles. The third kappa shape index (κ3) is 7.10. The van der Waals surface area contributed by atoms with Gasteiger partial charge in [-0.1, -0.05) is 0 Å². The minimum Gasteiger partial charge on any atom is -0.378 e. The Balaban J connectivity index is 1.74. The molecule has 1 aliphatic heterocycles. The number of carbonyl (C=O) groups is 1. The van der Waals surface area contributed by atoms with Crippen molar-refractivity contribution in [3.8, 4) is 0 Å². The highest BCUT2D eigenvalue weighted by Crippen LogP contribution is 2.35. The van der Waals surface area contributed by atoms with Crippen molar-refractivity contribution in [2.75, 3.05) is 66.1 Å². The standard InChI is InChI=1S/C25H30FN7O5S/c1-4-38-31-25(34)19-16-28-24(30-23-8-5-17(26)15-27-23)14-21(19)29-20-7-6-18(33-9-11-37-12-10-33)13-22(20)32(2)39(3,35)36/h5-8,13-16H,4,9-12H2,1-3H3,(H,31,34)(H2,27,28,29,30). The number of amides is 1. The quantitative estimate of drug-likeness (QED) is 0.318. The van der Waals surface area contributed by atoms with Crippen LogP contribution in [0.15, 0.2) is 48.8 Å². The van der Waals surface area contributed by atoms with Crippen LogP contribution < -0.4 is 25.3 Å². The number of nitrogens with zero attached hydrogens (tertiary/aromatic N) is 4. The Bertz CT molecular complexity index is 1420. The zero-order valence-corrected chi connectivity index (χ0v) is 22.6. The lowest BCUT2D eigenvalue weighted by Gasteiger charge is -2.30. The molecule has 1 aliphatic rings. The summed E-state index contributed by atoms with van der Waals surface area (Å²) in [5.74, 6) is -0.385. The lowest BCUT2D eigenvalue weighted by molar-refractivity contribution is 0.0365. The van der Waals surface area contributed by atoms with Gasteiger partial charge in [0.1, 0.15) is 17.5 Å². The van der Waals surface area contributed by atoms with Gasteiger partial charge in [0.15, 0.2) is 0 Å². The lowest BCUT2D eigenvalue weighted by Crippen LogP contribution is -2.36. The predicted octanol–water partition coefficient (Wildman–Crippen LogP) is 3.02. The van der Waals surface area contributed by atoms with Crippen LogP contribution in [-0.2, 0) is 19.6 Å². The summed E-state index contributed by atoms with van der Waals surface area (Å²) < 4.78 is 44.9. The molecule has 0 atom stereocenters. The molecule has 3 aromatic rings. The summed E-state index contributed by atoms with van der Waals surface area (Å²) in [6, 6.07) is 9.66. The van der Waals surface area contributed by atoms with Crippen LogP contribution >= 0.6 is 0 Å². The van der Waals surface area contributed by atoms with Gasteiger partial charge in [0.05, 0.1) is 54.9 Å². The molecule has 1 fully saturated rings. The molecule has 12 nitrogen and oxygen atoms in total. The second-order valence-electron chi connectivity index (χ2n) is 8.62. The number of hydrogen-bond donors (Lipinski definition) is 3. The molecule has 2 aromatic heterocycles. The van der Waals surface area contributed by atoms with E-state index in [0.717, 1.165) is 18.1 Å². The van der Waals surface area contributed by atoms with Gasteiger partial charge in [-0.3, -0.25) is 13.9 Å². The number of benzene rings is 1. The molecule has 0 unspecified atom stereocenters. The molecule has 14 heteroatoms. The van der Waals surface area contributed by atoms with Gasteiger partial charge in [-0.25, -0.2) is 28.3 Å². The summed E-state index contributed by atoms with van der Waals surface area (Å²) in [4.78, 5) is 28.3. The van der Waals surface area contributed by atoms with Gasteiger partial charge < -0.3 is 20.3 Å². The normalized spacial score (nSPS) is 13.6.